The standard InChI is InChI=1S/C27H30N2O4/c1-3-24-27(32,20-11-13-28(24)14-12-20)22-10-9-21(29-17-23(30)25(33-2)26(29)31)16-19(22)15-18-7-5-4-6-8-18/h1,4-10,16,20,23-25,30,32H,11-15,17H2,2H3/t23-,24?,25-,27-/m1/s1. The molecule has 0 spiro atoms. The maximum Gasteiger partial charge on any atom is 0.258 e. The average Bonchev–Trinajstić information content (AvgIpc) is 3.13. The summed E-state index contributed by atoms with van der Waals surface area (Å²) in [5.74, 6) is 2.71. The predicted octanol–water partition coefficient (Wildman–Crippen LogP) is 1.91. The van der Waals surface area contributed by atoms with Gasteiger partial charge in [-0.2, -0.15) is 0 Å². The molecule has 172 valence electrons. The number of terminal acetylenes is 1. The number of benzene rings is 2. The van der Waals surface area contributed by atoms with E-state index in [0.29, 0.717) is 12.1 Å². The number of aliphatic hydroxyl groups is 2. The maximum atomic E-state index is 12.8. The summed E-state index contributed by atoms with van der Waals surface area (Å²) in [6.07, 6.45) is 6.64. The molecule has 6 heteroatoms. The molecule has 4 aliphatic heterocycles. The van der Waals surface area contributed by atoms with E-state index < -0.39 is 17.8 Å². The fourth-order valence-corrected chi connectivity index (χ4v) is 5.98. The van der Waals surface area contributed by atoms with Gasteiger partial charge in [-0.05, 0) is 67.1 Å². The Labute approximate surface area is 194 Å². The zero-order valence-electron chi connectivity index (χ0n) is 18.9. The van der Waals surface area contributed by atoms with Crippen LogP contribution in [0.1, 0.15) is 29.5 Å². The van der Waals surface area contributed by atoms with Crippen LogP contribution in [0.4, 0.5) is 5.69 Å². The number of fused-ring (bicyclic) bond motifs is 3. The van der Waals surface area contributed by atoms with Crippen molar-refractivity contribution < 1.29 is 19.7 Å². The molecule has 4 saturated heterocycles. The summed E-state index contributed by atoms with van der Waals surface area (Å²) in [5.41, 5.74) is 2.44. The largest absolute Gasteiger partial charge is 0.388 e. The van der Waals surface area contributed by atoms with E-state index in [1.165, 1.54) is 7.11 Å². The van der Waals surface area contributed by atoms with E-state index in [-0.39, 0.29) is 24.4 Å². The van der Waals surface area contributed by atoms with E-state index >= 15 is 0 Å². The van der Waals surface area contributed by atoms with Gasteiger partial charge in [-0.25, -0.2) is 0 Å². The first kappa shape index (κ1) is 22.1. The first-order chi connectivity index (χ1) is 16.0. The Morgan fingerprint density at radius 2 is 1.91 bits per heavy atom. The highest BCUT2D eigenvalue weighted by molar-refractivity contribution is 5.99. The molecule has 2 aromatic carbocycles. The lowest BCUT2D eigenvalue weighted by Gasteiger charge is -2.55. The molecule has 6 rings (SSSR count). The van der Waals surface area contributed by atoms with Gasteiger partial charge in [-0.1, -0.05) is 42.3 Å². The van der Waals surface area contributed by atoms with Crippen molar-refractivity contribution in [2.45, 2.75) is 43.1 Å². The Kier molecular flexibility index (Phi) is 5.75. The van der Waals surface area contributed by atoms with Gasteiger partial charge in [0, 0.05) is 12.8 Å². The Bertz CT molecular complexity index is 1070. The summed E-state index contributed by atoms with van der Waals surface area (Å²) in [6, 6.07) is 15.5. The number of β-amino-alcohol motifs (C(OH)–C–C–N with tert-alkyl or cyclic N) is 1. The second-order valence-electron chi connectivity index (χ2n) is 9.38. The number of piperidine rings is 3. The number of carbonyl (C=O) groups is 1. The van der Waals surface area contributed by atoms with Crippen molar-refractivity contribution in [3.8, 4) is 12.3 Å². The van der Waals surface area contributed by atoms with Crippen molar-refractivity contribution in [2.24, 2.45) is 5.92 Å². The predicted molar refractivity (Wildman–Crippen MR) is 126 cm³/mol. The molecular formula is C27H30N2O4. The van der Waals surface area contributed by atoms with E-state index in [4.69, 9.17) is 11.2 Å². The molecule has 0 radical (unpaired) electrons. The highest BCUT2D eigenvalue weighted by Crippen LogP contribution is 2.48. The van der Waals surface area contributed by atoms with Crippen LogP contribution < -0.4 is 4.90 Å². The molecule has 4 aliphatic rings. The fourth-order valence-electron chi connectivity index (χ4n) is 5.98. The number of carbonyl (C=O) groups excluding carboxylic acids is 1. The number of amides is 1. The molecule has 2 aromatic rings. The van der Waals surface area contributed by atoms with Gasteiger partial charge in [-0.15, -0.1) is 6.42 Å². The first-order valence-corrected chi connectivity index (χ1v) is 11.6. The van der Waals surface area contributed by atoms with E-state index in [1.807, 2.05) is 36.4 Å². The lowest BCUT2D eigenvalue weighted by molar-refractivity contribution is -0.143. The summed E-state index contributed by atoms with van der Waals surface area (Å²) in [6.45, 7) is 1.99. The minimum Gasteiger partial charge on any atom is -0.388 e. The van der Waals surface area contributed by atoms with Gasteiger partial charge in [0.15, 0.2) is 6.10 Å². The number of hydrogen-bond donors (Lipinski definition) is 2. The highest BCUT2D eigenvalue weighted by atomic mass is 16.5. The quantitative estimate of drug-likeness (QED) is 0.687. The Hall–Kier alpha value is -2.69. The molecule has 2 N–H and O–H groups in total. The number of aliphatic hydroxyl groups excluding tert-OH is 1. The molecule has 0 saturated carbocycles. The van der Waals surface area contributed by atoms with Crippen molar-refractivity contribution in [1.29, 1.82) is 0 Å². The molecule has 0 aliphatic carbocycles. The smallest absolute Gasteiger partial charge is 0.258 e. The van der Waals surface area contributed by atoms with Crippen LogP contribution >= 0.6 is 0 Å². The molecule has 0 aromatic heterocycles. The van der Waals surface area contributed by atoms with Gasteiger partial charge in [0.05, 0.1) is 6.54 Å². The van der Waals surface area contributed by atoms with E-state index in [2.05, 4.69) is 23.0 Å². The van der Waals surface area contributed by atoms with Crippen molar-refractivity contribution in [2.75, 3.05) is 31.6 Å². The van der Waals surface area contributed by atoms with Crippen LogP contribution in [0.25, 0.3) is 0 Å². The molecule has 2 bridgehead atoms. The monoisotopic (exact) mass is 446 g/mol. The summed E-state index contributed by atoms with van der Waals surface area (Å²) in [7, 11) is 1.43. The third-order valence-electron chi connectivity index (χ3n) is 7.64. The van der Waals surface area contributed by atoms with E-state index in [9.17, 15) is 15.0 Å². The minimum atomic E-state index is -1.14. The number of anilines is 1. The Morgan fingerprint density at radius 1 is 1.18 bits per heavy atom. The zero-order chi connectivity index (χ0) is 23.2. The van der Waals surface area contributed by atoms with E-state index in [0.717, 1.165) is 42.6 Å². The molecule has 6 nitrogen and oxygen atoms in total. The molecule has 4 atom stereocenters. The van der Waals surface area contributed by atoms with Gasteiger partial charge < -0.3 is 19.8 Å². The summed E-state index contributed by atoms with van der Waals surface area (Å²) >= 11 is 0. The molecule has 1 amide bonds. The normalized spacial score (nSPS) is 33.3. The van der Waals surface area contributed by atoms with Gasteiger partial charge in [0.25, 0.3) is 5.91 Å². The summed E-state index contributed by atoms with van der Waals surface area (Å²) < 4.78 is 5.20. The zero-order valence-corrected chi connectivity index (χ0v) is 18.9. The number of methoxy groups -OCH3 is 1. The number of rotatable bonds is 5. The van der Waals surface area contributed by atoms with Crippen molar-refractivity contribution >= 4 is 11.6 Å². The number of hydrogen-bond acceptors (Lipinski definition) is 5. The van der Waals surface area contributed by atoms with Crippen molar-refractivity contribution in [3.63, 3.8) is 0 Å². The lowest BCUT2D eigenvalue weighted by Crippen LogP contribution is -2.63. The van der Waals surface area contributed by atoms with E-state index in [1.54, 1.807) is 4.90 Å². The SMILES string of the molecule is C#CC1N2CCC(CC2)[C@@]1(O)c1ccc(N2C[C@@H](O)[C@@H](OC)C2=O)cc1Cc1ccccc1. The maximum absolute atomic E-state index is 12.8. The third kappa shape index (κ3) is 3.56. The van der Waals surface area contributed by atoms with Crippen LogP contribution in [-0.2, 0) is 21.6 Å². The van der Waals surface area contributed by atoms with Gasteiger partial charge in [0.1, 0.15) is 17.7 Å². The second kappa shape index (κ2) is 8.58. The second-order valence-corrected chi connectivity index (χ2v) is 9.38. The third-order valence-corrected chi connectivity index (χ3v) is 7.64. The summed E-state index contributed by atoms with van der Waals surface area (Å²) in [5, 5.41) is 22.4. The number of ether oxygens (including phenoxy) is 1. The van der Waals surface area contributed by atoms with Gasteiger partial charge in [-0.3, -0.25) is 9.69 Å². The molecule has 1 unspecified atom stereocenters. The van der Waals surface area contributed by atoms with Crippen LogP contribution in [0.5, 0.6) is 0 Å². The fraction of sp³-hybridized carbons (Fsp3) is 0.444. The Morgan fingerprint density at radius 3 is 2.55 bits per heavy atom. The average molecular weight is 447 g/mol. The van der Waals surface area contributed by atoms with Crippen LogP contribution in [0.3, 0.4) is 0 Å². The van der Waals surface area contributed by atoms with Gasteiger partial charge in [0.2, 0.25) is 0 Å². The Balaban J connectivity index is 1.60. The van der Waals surface area contributed by atoms with Crippen LogP contribution in [0.2, 0.25) is 0 Å². The summed E-state index contributed by atoms with van der Waals surface area (Å²) in [4.78, 5) is 16.6. The van der Waals surface area contributed by atoms with Crippen molar-refractivity contribution in [1.82, 2.24) is 4.90 Å². The van der Waals surface area contributed by atoms with Gasteiger partial charge >= 0.3 is 0 Å². The molecular weight excluding hydrogens is 416 g/mol. The minimum absolute atomic E-state index is 0.0945. The van der Waals surface area contributed by atoms with Crippen LogP contribution in [0, 0.1) is 18.3 Å². The lowest BCUT2D eigenvalue weighted by atomic mass is 9.65. The molecule has 4 heterocycles. The van der Waals surface area contributed by atoms with Crippen LogP contribution in [-0.4, -0.2) is 66.0 Å². The highest BCUT2D eigenvalue weighted by Gasteiger charge is 2.54. The number of nitrogens with zero attached hydrogens (tertiary/aromatic N) is 2. The first-order valence-electron chi connectivity index (χ1n) is 11.6. The van der Waals surface area contributed by atoms with Crippen molar-refractivity contribution in [3.05, 3.63) is 65.2 Å². The molecule has 4 fully saturated rings. The topological polar surface area (TPSA) is 73.2 Å². The molecule has 33 heavy (non-hydrogen) atoms. The van der Waals surface area contributed by atoms with Crippen LogP contribution in [0.15, 0.2) is 48.5 Å².